The van der Waals surface area contributed by atoms with Crippen molar-refractivity contribution in [3.63, 3.8) is 0 Å². The molecule has 1 atom stereocenters. The van der Waals surface area contributed by atoms with Gasteiger partial charge in [0.15, 0.2) is 0 Å². The first-order valence-electron chi connectivity index (χ1n) is 8.15. The van der Waals surface area contributed by atoms with Crippen LogP contribution in [0.3, 0.4) is 0 Å². The van der Waals surface area contributed by atoms with Crippen LogP contribution in [-0.2, 0) is 0 Å². The molecule has 0 amide bonds. The number of rotatable bonds is 4. The molecule has 1 unspecified atom stereocenters. The number of hydrogen-bond acceptors (Lipinski definition) is 5. The fourth-order valence-electron chi connectivity index (χ4n) is 2.90. The Labute approximate surface area is 173 Å². The van der Waals surface area contributed by atoms with E-state index in [4.69, 9.17) is 28.3 Å². The zero-order valence-electron chi connectivity index (χ0n) is 14.8. The van der Waals surface area contributed by atoms with E-state index in [2.05, 4.69) is 11.2 Å². The van der Waals surface area contributed by atoms with E-state index in [0.717, 1.165) is 4.68 Å². The molecule has 146 valence electrons. The third kappa shape index (κ3) is 3.92. The molecule has 0 saturated heterocycles. The number of benzene rings is 2. The molecule has 1 heterocycles. The third-order valence-electron chi connectivity index (χ3n) is 4.22. The fourth-order valence-corrected chi connectivity index (χ4v) is 3.40. The number of nitriles is 1. The quantitative estimate of drug-likeness (QED) is 0.654. The normalized spacial score (nSPS) is 11.7. The molecule has 8 nitrogen and oxygen atoms in total. The Balaban J connectivity index is 2.16. The van der Waals surface area contributed by atoms with Gasteiger partial charge in [0, 0.05) is 10.0 Å². The van der Waals surface area contributed by atoms with Gasteiger partial charge in [-0.15, -0.1) is 0 Å². The minimum atomic E-state index is -1.58. The second kappa shape index (κ2) is 7.91. The van der Waals surface area contributed by atoms with E-state index in [-0.39, 0.29) is 10.7 Å². The zero-order valence-corrected chi connectivity index (χ0v) is 16.3. The molecule has 0 spiro atoms. The van der Waals surface area contributed by atoms with Gasteiger partial charge in [-0.3, -0.25) is 9.78 Å². The summed E-state index contributed by atoms with van der Waals surface area (Å²) < 4.78 is 0.733. The highest BCUT2D eigenvalue weighted by Crippen LogP contribution is 2.34. The monoisotopic (exact) mass is 430 g/mol. The number of carboxylic acid groups (broad SMARTS) is 1. The summed E-state index contributed by atoms with van der Waals surface area (Å²) in [7, 11) is 0. The van der Waals surface area contributed by atoms with Gasteiger partial charge in [0.1, 0.15) is 0 Å². The molecule has 0 saturated carbocycles. The highest BCUT2D eigenvalue weighted by atomic mass is 35.5. The summed E-state index contributed by atoms with van der Waals surface area (Å²) >= 11 is 12.3. The highest BCUT2D eigenvalue weighted by molar-refractivity contribution is 6.32. The largest absolute Gasteiger partial charge is 0.476 e. The van der Waals surface area contributed by atoms with Gasteiger partial charge in [-0.25, -0.2) is 9.59 Å². The molecular formula is C19H12Cl2N4O4. The number of H-pyrrole nitrogens is 1. The number of halogens is 2. The number of aromatic amines is 1. The lowest BCUT2D eigenvalue weighted by molar-refractivity contribution is 0.0685. The summed E-state index contributed by atoms with van der Waals surface area (Å²) in [4.78, 5) is 36.7. The summed E-state index contributed by atoms with van der Waals surface area (Å²) in [6, 6.07) is 11.9. The van der Waals surface area contributed by atoms with Crippen molar-refractivity contribution in [2.75, 3.05) is 0 Å². The summed E-state index contributed by atoms with van der Waals surface area (Å²) in [5.74, 6) is -2.27. The molecule has 0 radical (unpaired) electrons. The first kappa shape index (κ1) is 20.3. The van der Waals surface area contributed by atoms with Crippen LogP contribution in [0.4, 0.5) is 0 Å². The van der Waals surface area contributed by atoms with Crippen molar-refractivity contribution >= 4 is 29.2 Å². The van der Waals surface area contributed by atoms with Crippen LogP contribution in [0, 0.1) is 18.3 Å². The van der Waals surface area contributed by atoms with Crippen molar-refractivity contribution in [2.24, 2.45) is 0 Å². The number of nitrogens with one attached hydrogen (secondary N) is 1. The van der Waals surface area contributed by atoms with Crippen LogP contribution in [0.25, 0.3) is 5.69 Å². The number of carbonyl (C=O) groups is 1. The Bertz CT molecular complexity index is 1250. The third-order valence-corrected chi connectivity index (χ3v) is 4.78. The van der Waals surface area contributed by atoms with Crippen LogP contribution in [0.15, 0.2) is 46.0 Å². The topological polar surface area (TPSA) is 129 Å². The Morgan fingerprint density at radius 1 is 1.24 bits per heavy atom. The highest BCUT2D eigenvalue weighted by Gasteiger charge is 2.21. The first-order valence-corrected chi connectivity index (χ1v) is 8.91. The Kier molecular flexibility index (Phi) is 5.55. The van der Waals surface area contributed by atoms with Gasteiger partial charge in [0.25, 0.3) is 5.56 Å². The maximum Gasteiger partial charge on any atom is 0.362 e. The Morgan fingerprint density at radius 3 is 2.45 bits per heavy atom. The Hall–Kier alpha value is -3.41. The number of hydrogen-bond donors (Lipinski definition) is 2. The van der Waals surface area contributed by atoms with Crippen molar-refractivity contribution in [3.05, 3.63) is 89.7 Å². The van der Waals surface area contributed by atoms with E-state index >= 15 is 0 Å². The molecule has 0 aliphatic carbocycles. The smallest absolute Gasteiger partial charge is 0.362 e. The molecule has 29 heavy (non-hydrogen) atoms. The molecular weight excluding hydrogens is 419 g/mol. The van der Waals surface area contributed by atoms with E-state index in [1.54, 1.807) is 31.2 Å². The molecule has 2 aromatic carbocycles. The van der Waals surface area contributed by atoms with Crippen molar-refractivity contribution < 1.29 is 9.90 Å². The summed E-state index contributed by atoms with van der Waals surface area (Å²) in [5, 5.41) is 23.1. The second-order valence-electron chi connectivity index (χ2n) is 6.10. The zero-order chi connectivity index (χ0) is 21.3. The van der Waals surface area contributed by atoms with E-state index < -0.39 is 28.8 Å². The average Bonchev–Trinajstić information content (AvgIpc) is 2.65. The fraction of sp³-hybridized carbons (Fsp3) is 0.105. The lowest BCUT2D eigenvalue weighted by atomic mass is 9.89. The van der Waals surface area contributed by atoms with Gasteiger partial charge in [0.2, 0.25) is 5.69 Å². The van der Waals surface area contributed by atoms with E-state index in [9.17, 15) is 19.6 Å². The van der Waals surface area contributed by atoms with Gasteiger partial charge in [-0.2, -0.15) is 15.0 Å². The molecule has 1 aromatic heterocycles. The maximum absolute atomic E-state index is 12.1. The first-order chi connectivity index (χ1) is 13.7. The summed E-state index contributed by atoms with van der Waals surface area (Å²) in [6.07, 6.45) is 0. The number of carboxylic acids is 1. The van der Waals surface area contributed by atoms with Crippen molar-refractivity contribution in [1.29, 1.82) is 5.26 Å². The van der Waals surface area contributed by atoms with Crippen molar-refractivity contribution in [1.82, 2.24) is 14.8 Å². The van der Waals surface area contributed by atoms with Crippen LogP contribution in [0.5, 0.6) is 0 Å². The molecule has 2 N–H and O–H groups in total. The minimum Gasteiger partial charge on any atom is -0.476 e. The van der Waals surface area contributed by atoms with Crippen molar-refractivity contribution in [3.8, 4) is 11.8 Å². The maximum atomic E-state index is 12.1. The van der Waals surface area contributed by atoms with Gasteiger partial charge >= 0.3 is 11.7 Å². The second-order valence-corrected chi connectivity index (χ2v) is 6.94. The van der Waals surface area contributed by atoms with E-state index in [0.29, 0.717) is 21.7 Å². The lowest BCUT2D eigenvalue weighted by Gasteiger charge is -2.17. The lowest BCUT2D eigenvalue weighted by Crippen LogP contribution is -2.35. The van der Waals surface area contributed by atoms with Crippen LogP contribution in [-0.4, -0.2) is 25.8 Å². The number of aromatic carboxylic acids is 1. The molecule has 0 aliphatic heterocycles. The molecule has 0 bridgehead atoms. The van der Waals surface area contributed by atoms with E-state index in [1.807, 2.05) is 4.98 Å². The van der Waals surface area contributed by atoms with Crippen LogP contribution < -0.4 is 11.2 Å². The van der Waals surface area contributed by atoms with E-state index in [1.165, 1.54) is 12.1 Å². The van der Waals surface area contributed by atoms with Crippen molar-refractivity contribution in [2.45, 2.75) is 12.8 Å². The van der Waals surface area contributed by atoms with Crippen LogP contribution in [0.2, 0.25) is 10.0 Å². The molecule has 10 heteroatoms. The van der Waals surface area contributed by atoms with Gasteiger partial charge in [-0.1, -0.05) is 35.3 Å². The average molecular weight is 431 g/mol. The predicted octanol–water partition coefficient (Wildman–Crippen LogP) is 2.89. The number of aromatic nitrogens is 3. The standard InChI is InChI=1S/C19H12Cl2N4O4/c1-9-6-12(25-19(29)23-17(26)16(24-25)18(27)28)7-14(21)15(9)13(8-22)10-2-4-11(20)5-3-10/h2-7,13H,1H3,(H,27,28)(H,23,26,29). The molecule has 0 aliphatic rings. The van der Waals surface area contributed by atoms with Crippen LogP contribution >= 0.6 is 23.2 Å². The van der Waals surface area contributed by atoms with Gasteiger partial charge in [0.05, 0.1) is 17.7 Å². The number of nitrogens with zero attached hydrogens (tertiary/aromatic N) is 3. The Morgan fingerprint density at radius 2 is 1.90 bits per heavy atom. The van der Waals surface area contributed by atoms with Crippen LogP contribution in [0.1, 0.15) is 33.1 Å². The summed E-state index contributed by atoms with van der Waals surface area (Å²) in [5.41, 5.74) is -0.932. The summed E-state index contributed by atoms with van der Waals surface area (Å²) in [6.45, 7) is 1.69. The molecule has 0 fully saturated rings. The molecule has 3 aromatic rings. The van der Waals surface area contributed by atoms with Gasteiger partial charge in [-0.05, 0) is 47.9 Å². The molecule has 3 rings (SSSR count). The SMILES string of the molecule is Cc1cc(-n2nc(C(=O)O)c(=O)[nH]c2=O)cc(Cl)c1C(C#N)c1ccc(Cl)cc1. The predicted molar refractivity (Wildman–Crippen MR) is 106 cm³/mol. The minimum absolute atomic E-state index is 0.146. The van der Waals surface area contributed by atoms with Gasteiger partial charge < -0.3 is 5.11 Å². The number of aryl methyl sites for hydroxylation is 1.